The lowest BCUT2D eigenvalue weighted by atomic mass is 10.1. The second-order valence-corrected chi connectivity index (χ2v) is 5.88. The van der Waals surface area contributed by atoms with Gasteiger partial charge in [0.25, 0.3) is 5.91 Å². The molecule has 3 aromatic rings. The van der Waals surface area contributed by atoms with Crippen LogP contribution in [0.4, 0.5) is 0 Å². The molecule has 1 amide bonds. The Labute approximate surface area is 145 Å². The first kappa shape index (κ1) is 16.8. The zero-order valence-corrected chi connectivity index (χ0v) is 14.2. The van der Waals surface area contributed by atoms with Gasteiger partial charge < -0.3 is 14.5 Å². The van der Waals surface area contributed by atoms with Crippen LogP contribution < -0.4 is 15.8 Å². The molecule has 0 saturated carbocycles. The van der Waals surface area contributed by atoms with Crippen molar-refractivity contribution in [3.8, 4) is 5.75 Å². The van der Waals surface area contributed by atoms with Gasteiger partial charge in [-0.1, -0.05) is 24.3 Å². The van der Waals surface area contributed by atoms with E-state index in [1.54, 1.807) is 7.05 Å². The van der Waals surface area contributed by atoms with Gasteiger partial charge in [0, 0.05) is 13.6 Å². The Morgan fingerprint density at radius 2 is 2.04 bits per heavy atom. The summed E-state index contributed by atoms with van der Waals surface area (Å²) >= 11 is 0. The van der Waals surface area contributed by atoms with E-state index in [9.17, 15) is 9.59 Å². The molecule has 2 aromatic carbocycles. The van der Waals surface area contributed by atoms with E-state index >= 15 is 0 Å². The van der Waals surface area contributed by atoms with Crippen molar-refractivity contribution in [1.82, 2.24) is 9.88 Å². The summed E-state index contributed by atoms with van der Waals surface area (Å²) in [6, 6.07) is 13.2. The van der Waals surface area contributed by atoms with Crippen molar-refractivity contribution < 1.29 is 13.9 Å². The average Bonchev–Trinajstić information content (AvgIpc) is 2.88. The lowest BCUT2D eigenvalue weighted by Gasteiger charge is -2.09. The van der Waals surface area contributed by atoms with Crippen LogP contribution in [0.5, 0.6) is 5.75 Å². The van der Waals surface area contributed by atoms with Crippen LogP contribution in [0.25, 0.3) is 11.1 Å². The van der Waals surface area contributed by atoms with Gasteiger partial charge in [-0.05, 0) is 42.7 Å². The lowest BCUT2D eigenvalue weighted by molar-refractivity contribution is -0.123. The molecule has 0 aliphatic rings. The molecular formula is C19H20N2O4. The normalized spacial score (nSPS) is 10.8. The summed E-state index contributed by atoms with van der Waals surface area (Å²) in [5.74, 6) is 0.159. The number of hydrogen-bond donors (Lipinski definition) is 1. The number of nitrogens with one attached hydrogen (secondary N) is 1. The molecule has 1 heterocycles. The fourth-order valence-corrected chi connectivity index (χ4v) is 2.59. The van der Waals surface area contributed by atoms with Gasteiger partial charge in [0.15, 0.2) is 12.2 Å². The van der Waals surface area contributed by atoms with Crippen LogP contribution in [0.3, 0.4) is 0 Å². The lowest BCUT2D eigenvalue weighted by Crippen LogP contribution is -2.30. The molecule has 6 heteroatoms. The predicted molar refractivity (Wildman–Crippen MR) is 94.8 cm³/mol. The molecule has 0 aliphatic heterocycles. The number of aryl methyl sites for hydroxylation is 2. The molecule has 0 radical (unpaired) electrons. The average molecular weight is 340 g/mol. The Bertz CT molecular complexity index is 955. The van der Waals surface area contributed by atoms with E-state index in [1.807, 2.05) is 49.4 Å². The van der Waals surface area contributed by atoms with Crippen molar-refractivity contribution in [2.45, 2.75) is 13.3 Å². The van der Waals surface area contributed by atoms with Crippen LogP contribution >= 0.6 is 0 Å². The molecule has 6 nitrogen and oxygen atoms in total. The number of aromatic nitrogens is 1. The highest BCUT2D eigenvalue weighted by atomic mass is 16.5. The predicted octanol–water partition coefficient (Wildman–Crippen LogP) is 2.18. The Morgan fingerprint density at radius 1 is 1.24 bits per heavy atom. The summed E-state index contributed by atoms with van der Waals surface area (Å²) in [6.45, 7) is 2.40. The van der Waals surface area contributed by atoms with E-state index in [1.165, 1.54) is 4.57 Å². The minimum atomic E-state index is -0.381. The van der Waals surface area contributed by atoms with Crippen molar-refractivity contribution in [1.29, 1.82) is 0 Å². The Kier molecular flexibility index (Phi) is 4.88. The molecule has 25 heavy (non-hydrogen) atoms. The Hall–Kier alpha value is -3.02. The summed E-state index contributed by atoms with van der Waals surface area (Å²) in [5, 5.41) is 2.82. The van der Waals surface area contributed by atoms with Crippen LogP contribution in [0.2, 0.25) is 0 Å². The number of fused-ring (bicyclic) bond motifs is 1. The van der Waals surface area contributed by atoms with E-state index in [0.29, 0.717) is 24.3 Å². The third-order valence-corrected chi connectivity index (χ3v) is 4.04. The topological polar surface area (TPSA) is 73.5 Å². The van der Waals surface area contributed by atoms with Gasteiger partial charge in [0.2, 0.25) is 0 Å². The molecule has 0 aliphatic carbocycles. The number of nitrogens with zero attached hydrogens (tertiary/aromatic N) is 1. The third kappa shape index (κ3) is 3.91. The number of carbonyl (C=O) groups excluding carboxylic acids is 1. The standard InChI is InChI=1S/C19H20N2O4/c1-13-5-3-4-6-16(13)24-12-18(22)20-10-9-14-7-8-15-17(11-14)25-19(23)21(15)2/h3-8,11H,9-10,12H2,1-2H3,(H,20,22). The van der Waals surface area contributed by atoms with Gasteiger partial charge >= 0.3 is 5.76 Å². The van der Waals surface area contributed by atoms with E-state index in [-0.39, 0.29) is 18.3 Å². The fourth-order valence-electron chi connectivity index (χ4n) is 2.59. The largest absolute Gasteiger partial charge is 0.484 e. The molecule has 0 atom stereocenters. The number of carbonyl (C=O) groups is 1. The minimum absolute atomic E-state index is 0.0164. The highest BCUT2D eigenvalue weighted by Crippen LogP contribution is 2.16. The second-order valence-electron chi connectivity index (χ2n) is 5.88. The summed E-state index contributed by atoms with van der Waals surface area (Å²) < 4.78 is 12.1. The van der Waals surface area contributed by atoms with Crippen molar-refractivity contribution in [3.05, 3.63) is 64.1 Å². The van der Waals surface area contributed by atoms with Crippen molar-refractivity contribution in [2.24, 2.45) is 7.05 Å². The van der Waals surface area contributed by atoms with Crippen LogP contribution in [0, 0.1) is 6.92 Å². The number of ether oxygens (including phenoxy) is 1. The maximum absolute atomic E-state index is 11.9. The maximum Gasteiger partial charge on any atom is 0.419 e. The Morgan fingerprint density at radius 3 is 2.84 bits per heavy atom. The van der Waals surface area contributed by atoms with E-state index in [0.717, 1.165) is 16.6 Å². The zero-order valence-electron chi connectivity index (χ0n) is 14.2. The molecule has 0 fully saturated rings. The number of amides is 1. The zero-order chi connectivity index (χ0) is 17.8. The molecule has 0 saturated heterocycles. The highest BCUT2D eigenvalue weighted by Gasteiger charge is 2.07. The number of oxazole rings is 1. The summed E-state index contributed by atoms with van der Waals surface area (Å²) in [5.41, 5.74) is 3.29. The van der Waals surface area contributed by atoms with Gasteiger partial charge in [-0.2, -0.15) is 0 Å². The number of hydrogen-bond acceptors (Lipinski definition) is 4. The molecule has 0 bridgehead atoms. The van der Waals surface area contributed by atoms with Gasteiger partial charge in [0.05, 0.1) is 5.52 Å². The first-order chi connectivity index (χ1) is 12.0. The molecular weight excluding hydrogens is 320 g/mol. The first-order valence-electron chi connectivity index (χ1n) is 8.08. The van der Waals surface area contributed by atoms with Crippen LogP contribution in [0.15, 0.2) is 51.7 Å². The smallest absolute Gasteiger partial charge is 0.419 e. The van der Waals surface area contributed by atoms with Crippen molar-refractivity contribution in [2.75, 3.05) is 13.2 Å². The number of benzene rings is 2. The molecule has 1 aromatic heterocycles. The van der Waals surface area contributed by atoms with Crippen molar-refractivity contribution in [3.63, 3.8) is 0 Å². The second kappa shape index (κ2) is 7.25. The van der Waals surface area contributed by atoms with Gasteiger partial charge in [-0.3, -0.25) is 9.36 Å². The molecule has 0 unspecified atom stereocenters. The quantitative estimate of drug-likeness (QED) is 0.746. The molecule has 1 N–H and O–H groups in total. The highest BCUT2D eigenvalue weighted by molar-refractivity contribution is 5.77. The maximum atomic E-state index is 11.9. The number of rotatable bonds is 6. The first-order valence-corrected chi connectivity index (χ1v) is 8.08. The van der Waals surface area contributed by atoms with Gasteiger partial charge in [0.1, 0.15) is 5.75 Å². The van der Waals surface area contributed by atoms with E-state index < -0.39 is 0 Å². The van der Waals surface area contributed by atoms with E-state index in [4.69, 9.17) is 9.15 Å². The van der Waals surface area contributed by atoms with Gasteiger partial charge in [-0.25, -0.2) is 4.79 Å². The summed E-state index contributed by atoms with van der Waals surface area (Å²) in [6.07, 6.45) is 0.644. The SMILES string of the molecule is Cc1ccccc1OCC(=O)NCCc1ccc2c(c1)oc(=O)n2C. The fraction of sp³-hybridized carbons (Fsp3) is 0.263. The van der Waals surface area contributed by atoms with Crippen LogP contribution in [0.1, 0.15) is 11.1 Å². The Balaban J connectivity index is 1.50. The van der Waals surface area contributed by atoms with Crippen molar-refractivity contribution >= 4 is 17.0 Å². The minimum Gasteiger partial charge on any atom is -0.484 e. The van der Waals surface area contributed by atoms with Crippen LogP contribution in [-0.4, -0.2) is 23.6 Å². The monoisotopic (exact) mass is 340 g/mol. The summed E-state index contributed by atoms with van der Waals surface area (Å²) in [7, 11) is 1.67. The summed E-state index contributed by atoms with van der Waals surface area (Å²) in [4.78, 5) is 23.4. The van der Waals surface area contributed by atoms with E-state index in [2.05, 4.69) is 5.32 Å². The van der Waals surface area contributed by atoms with Gasteiger partial charge in [-0.15, -0.1) is 0 Å². The number of para-hydroxylation sites is 1. The molecule has 130 valence electrons. The molecule has 3 rings (SSSR count). The molecule has 0 spiro atoms. The van der Waals surface area contributed by atoms with Crippen LogP contribution in [-0.2, 0) is 18.3 Å². The third-order valence-electron chi connectivity index (χ3n) is 4.04.